The summed E-state index contributed by atoms with van der Waals surface area (Å²) in [5, 5.41) is 0. The Kier molecular flexibility index (Phi) is 7.22. The van der Waals surface area contributed by atoms with Gasteiger partial charge in [0, 0.05) is 56.6 Å². The van der Waals surface area contributed by atoms with E-state index in [1.165, 1.54) is 0 Å². The molecule has 1 aliphatic heterocycles. The Balaban J connectivity index is 1.55. The van der Waals surface area contributed by atoms with Crippen LogP contribution in [0.5, 0.6) is 0 Å². The van der Waals surface area contributed by atoms with Gasteiger partial charge in [-0.25, -0.2) is 19.7 Å². The number of aromatic nitrogens is 4. The molecule has 2 aromatic heterocycles. The van der Waals surface area contributed by atoms with Gasteiger partial charge in [0.2, 0.25) is 0 Å². The first-order valence-electron chi connectivity index (χ1n) is 10.9. The van der Waals surface area contributed by atoms with Crippen LogP contribution in [0.1, 0.15) is 50.7 Å². The van der Waals surface area contributed by atoms with Crippen molar-refractivity contribution in [1.82, 2.24) is 24.4 Å². The molecule has 7 nitrogen and oxygen atoms in total. The van der Waals surface area contributed by atoms with Crippen LogP contribution in [0.25, 0.3) is 0 Å². The van der Waals surface area contributed by atoms with Crippen molar-refractivity contribution in [2.45, 2.75) is 58.7 Å². The number of unbranched alkanes of at least 4 members (excludes halogenated alkanes) is 1. The maximum Gasteiger partial charge on any atom is 0.433 e. The second kappa shape index (κ2) is 9.56. The molecule has 0 unspecified atom stereocenters. The van der Waals surface area contributed by atoms with Crippen molar-refractivity contribution in [3.8, 4) is 0 Å². The van der Waals surface area contributed by atoms with Crippen molar-refractivity contribution in [3.63, 3.8) is 0 Å². The number of anilines is 1. The summed E-state index contributed by atoms with van der Waals surface area (Å²) in [6, 6.07) is 1.05. The Hall–Kier alpha value is -2.49. The van der Waals surface area contributed by atoms with Gasteiger partial charge in [-0.05, 0) is 31.9 Å². The molecule has 10 heteroatoms. The first-order valence-corrected chi connectivity index (χ1v) is 10.9. The van der Waals surface area contributed by atoms with Crippen LogP contribution in [0, 0.1) is 6.92 Å². The zero-order chi connectivity index (χ0) is 23.5. The fraction of sp³-hybridized carbons (Fsp3) is 0.636. The monoisotopic (exact) mass is 452 g/mol. The van der Waals surface area contributed by atoms with Gasteiger partial charge < -0.3 is 4.90 Å². The lowest BCUT2D eigenvalue weighted by Gasteiger charge is -2.36. The summed E-state index contributed by atoms with van der Waals surface area (Å²) in [7, 11) is 0. The van der Waals surface area contributed by atoms with Crippen molar-refractivity contribution in [1.29, 1.82) is 0 Å². The maximum absolute atomic E-state index is 13.4. The van der Waals surface area contributed by atoms with Crippen LogP contribution in [0.4, 0.5) is 19.0 Å². The van der Waals surface area contributed by atoms with E-state index in [4.69, 9.17) is 0 Å². The first-order chi connectivity index (χ1) is 14.9. The summed E-state index contributed by atoms with van der Waals surface area (Å²) in [6.07, 6.45) is 0.671. The number of nitrogens with zero attached hydrogens (tertiary/aromatic N) is 6. The number of aryl methyl sites for hydroxylation is 2. The fourth-order valence-corrected chi connectivity index (χ4v) is 3.62. The van der Waals surface area contributed by atoms with E-state index in [1.807, 2.05) is 38.8 Å². The highest BCUT2D eigenvalue weighted by molar-refractivity contribution is 5.42. The lowest BCUT2D eigenvalue weighted by atomic mass is 9.95. The predicted octanol–water partition coefficient (Wildman–Crippen LogP) is 3.26. The lowest BCUT2D eigenvalue weighted by molar-refractivity contribution is -0.141. The number of rotatable bonds is 6. The molecule has 0 N–H and O–H groups in total. The summed E-state index contributed by atoms with van der Waals surface area (Å²) < 4.78 is 41.7. The molecule has 0 aliphatic carbocycles. The normalized spacial score (nSPS) is 15.9. The molecule has 1 fully saturated rings. The highest BCUT2D eigenvalue weighted by Gasteiger charge is 2.35. The molecule has 3 rings (SSSR count). The van der Waals surface area contributed by atoms with Crippen molar-refractivity contribution >= 4 is 5.82 Å². The van der Waals surface area contributed by atoms with Crippen LogP contribution in [0.2, 0.25) is 0 Å². The number of halogens is 3. The number of hydrogen-bond donors (Lipinski definition) is 0. The van der Waals surface area contributed by atoms with Crippen LogP contribution in [0.15, 0.2) is 23.3 Å². The van der Waals surface area contributed by atoms with Crippen molar-refractivity contribution in [3.05, 3.63) is 46.0 Å². The minimum Gasteiger partial charge on any atom is -0.354 e. The van der Waals surface area contributed by atoms with Gasteiger partial charge in [0.05, 0.1) is 0 Å². The molecule has 0 bridgehead atoms. The maximum atomic E-state index is 13.4. The molecule has 0 amide bonds. The highest BCUT2D eigenvalue weighted by Crippen LogP contribution is 2.32. The Morgan fingerprint density at radius 3 is 2.28 bits per heavy atom. The molecule has 1 aliphatic rings. The largest absolute Gasteiger partial charge is 0.433 e. The summed E-state index contributed by atoms with van der Waals surface area (Å²) in [6.45, 7) is 11.6. The Morgan fingerprint density at radius 2 is 1.66 bits per heavy atom. The van der Waals surface area contributed by atoms with Gasteiger partial charge in [-0.2, -0.15) is 13.2 Å². The molecule has 0 atom stereocenters. The standard InChI is InChI=1S/C22H31F3N6O/c1-16-14-26-20(32)31(15-16)8-6-5-7-29-9-11-30(12-10-29)18-13-17(22(23,24)25)27-19(28-18)21(2,3)4/h13-15H,5-12H2,1-4H3. The van der Waals surface area contributed by atoms with E-state index >= 15 is 0 Å². The first kappa shape index (κ1) is 24.2. The van der Waals surface area contributed by atoms with Gasteiger partial charge in [-0.1, -0.05) is 20.8 Å². The third-order valence-electron chi connectivity index (χ3n) is 5.48. The number of alkyl halides is 3. The van der Waals surface area contributed by atoms with E-state index in [9.17, 15) is 18.0 Å². The zero-order valence-corrected chi connectivity index (χ0v) is 19.1. The minimum absolute atomic E-state index is 0.200. The van der Waals surface area contributed by atoms with E-state index in [0.717, 1.165) is 44.1 Å². The molecular weight excluding hydrogens is 421 g/mol. The summed E-state index contributed by atoms with van der Waals surface area (Å²) in [5.74, 6) is 0.536. The van der Waals surface area contributed by atoms with E-state index in [0.29, 0.717) is 25.5 Å². The lowest BCUT2D eigenvalue weighted by Crippen LogP contribution is -2.47. The summed E-state index contributed by atoms with van der Waals surface area (Å²) in [5.41, 5.74) is -0.751. The van der Waals surface area contributed by atoms with Crippen molar-refractivity contribution in [2.75, 3.05) is 37.6 Å². The minimum atomic E-state index is -4.51. The van der Waals surface area contributed by atoms with Gasteiger partial charge in [0.1, 0.15) is 17.3 Å². The zero-order valence-electron chi connectivity index (χ0n) is 19.1. The third kappa shape index (κ3) is 6.27. The third-order valence-corrected chi connectivity index (χ3v) is 5.48. The van der Waals surface area contributed by atoms with Gasteiger partial charge in [0.15, 0.2) is 0 Å². The van der Waals surface area contributed by atoms with Crippen LogP contribution in [-0.4, -0.2) is 57.1 Å². The second-order valence-electron chi connectivity index (χ2n) is 9.33. The molecule has 0 spiro atoms. The van der Waals surface area contributed by atoms with Crippen molar-refractivity contribution in [2.24, 2.45) is 0 Å². The molecule has 2 aromatic rings. The molecule has 176 valence electrons. The van der Waals surface area contributed by atoms with E-state index < -0.39 is 17.3 Å². The van der Waals surface area contributed by atoms with Crippen LogP contribution < -0.4 is 10.6 Å². The average molecular weight is 453 g/mol. The Labute approximate surface area is 186 Å². The Morgan fingerprint density at radius 1 is 1.00 bits per heavy atom. The molecule has 1 saturated heterocycles. The van der Waals surface area contributed by atoms with E-state index in [1.54, 1.807) is 10.8 Å². The van der Waals surface area contributed by atoms with Crippen molar-refractivity contribution < 1.29 is 13.2 Å². The molecule has 3 heterocycles. The van der Waals surface area contributed by atoms with Gasteiger partial charge in [-0.15, -0.1) is 0 Å². The number of piperazine rings is 1. The highest BCUT2D eigenvalue weighted by atomic mass is 19.4. The second-order valence-corrected chi connectivity index (χ2v) is 9.33. The SMILES string of the molecule is Cc1cnc(=O)n(CCCCN2CCN(c3cc(C(F)(F)F)nc(C(C)(C)C)n3)CC2)c1. The van der Waals surface area contributed by atoms with E-state index in [-0.39, 0.29) is 11.5 Å². The summed E-state index contributed by atoms with van der Waals surface area (Å²) in [4.78, 5) is 28.0. The molecular formula is C22H31F3N6O. The summed E-state index contributed by atoms with van der Waals surface area (Å²) >= 11 is 0. The van der Waals surface area contributed by atoms with Gasteiger partial charge >= 0.3 is 11.9 Å². The molecule has 0 radical (unpaired) electrons. The van der Waals surface area contributed by atoms with E-state index in [2.05, 4.69) is 19.9 Å². The topological polar surface area (TPSA) is 67.2 Å². The molecule has 32 heavy (non-hydrogen) atoms. The quantitative estimate of drug-likeness (QED) is 0.627. The van der Waals surface area contributed by atoms with Gasteiger partial charge in [0.25, 0.3) is 0 Å². The number of hydrogen-bond acceptors (Lipinski definition) is 6. The smallest absolute Gasteiger partial charge is 0.354 e. The van der Waals surface area contributed by atoms with Gasteiger partial charge in [-0.3, -0.25) is 9.47 Å². The predicted molar refractivity (Wildman–Crippen MR) is 117 cm³/mol. The van der Waals surface area contributed by atoms with Crippen LogP contribution >= 0.6 is 0 Å². The Bertz CT molecular complexity index is 943. The average Bonchev–Trinajstić information content (AvgIpc) is 2.72. The van der Waals surface area contributed by atoms with Crippen LogP contribution in [0.3, 0.4) is 0 Å². The molecule has 0 saturated carbocycles. The molecule has 0 aromatic carbocycles. The fourth-order valence-electron chi connectivity index (χ4n) is 3.62. The van der Waals surface area contributed by atoms with Crippen LogP contribution in [-0.2, 0) is 18.1 Å².